The number of nitrogens with one attached hydrogen (secondary N) is 1. The Morgan fingerprint density at radius 3 is 2.24 bits per heavy atom. The number of benzene rings is 4. The second kappa shape index (κ2) is 12.8. The normalized spacial score (nSPS) is 10.9. The summed E-state index contributed by atoms with van der Waals surface area (Å²) in [5.41, 5.74) is 3.27. The first-order chi connectivity index (χ1) is 18.0. The molecule has 4 aromatic rings. The van der Waals surface area contributed by atoms with E-state index in [-0.39, 0.29) is 5.57 Å². The lowest BCUT2D eigenvalue weighted by atomic mass is 10.1. The van der Waals surface area contributed by atoms with Crippen molar-refractivity contribution in [3.8, 4) is 17.6 Å². The molecule has 0 aliphatic rings. The van der Waals surface area contributed by atoms with Crippen LogP contribution in [-0.2, 0) is 18.0 Å². The molecule has 1 amide bonds. The van der Waals surface area contributed by atoms with Crippen molar-refractivity contribution in [2.24, 2.45) is 0 Å². The van der Waals surface area contributed by atoms with Gasteiger partial charge in [-0.05, 0) is 87.2 Å². The molecule has 184 valence electrons. The van der Waals surface area contributed by atoms with Gasteiger partial charge in [0.15, 0.2) is 0 Å². The van der Waals surface area contributed by atoms with E-state index in [1.807, 2.05) is 60.7 Å². The summed E-state index contributed by atoms with van der Waals surface area (Å²) in [4.78, 5) is 12.7. The first-order valence-corrected chi connectivity index (χ1v) is 12.5. The smallest absolute Gasteiger partial charge is 0.266 e. The number of hydrogen-bond acceptors (Lipinski definition) is 4. The van der Waals surface area contributed by atoms with Crippen molar-refractivity contribution >= 4 is 45.2 Å². The zero-order valence-electron chi connectivity index (χ0n) is 19.7. The molecule has 0 fully saturated rings. The fraction of sp³-hybridized carbons (Fsp3) is 0.0667. The molecule has 0 heterocycles. The van der Waals surface area contributed by atoms with Crippen LogP contribution in [0.3, 0.4) is 0 Å². The largest absolute Gasteiger partial charge is 0.489 e. The molecule has 0 radical (unpaired) electrons. The molecule has 0 bridgehead atoms. The standard InChI is InChI=1S/C30H22BrClN2O3/c31-28-17-23(8-15-29(28)37-20-22-6-9-25(32)10-7-22)16-24(18-33)30(35)34-26-11-13-27(14-12-26)36-19-21-4-2-1-3-5-21/h1-17H,19-20H2,(H,34,35)/b24-16+. The van der Waals surface area contributed by atoms with Crippen molar-refractivity contribution in [3.05, 3.63) is 129 Å². The van der Waals surface area contributed by atoms with E-state index < -0.39 is 5.91 Å². The van der Waals surface area contributed by atoms with Gasteiger partial charge in [0.05, 0.1) is 4.47 Å². The Kier molecular flexibility index (Phi) is 8.98. The van der Waals surface area contributed by atoms with E-state index in [4.69, 9.17) is 21.1 Å². The third-order valence-corrected chi connectivity index (χ3v) is 6.17. The van der Waals surface area contributed by atoms with Gasteiger partial charge < -0.3 is 14.8 Å². The molecule has 1 N–H and O–H groups in total. The summed E-state index contributed by atoms with van der Waals surface area (Å²) in [5, 5.41) is 13.0. The van der Waals surface area contributed by atoms with E-state index in [1.165, 1.54) is 6.08 Å². The van der Waals surface area contributed by atoms with E-state index in [0.717, 1.165) is 11.1 Å². The monoisotopic (exact) mass is 572 g/mol. The number of nitriles is 1. The van der Waals surface area contributed by atoms with Gasteiger partial charge in [0.1, 0.15) is 36.4 Å². The van der Waals surface area contributed by atoms with Crippen LogP contribution in [0.1, 0.15) is 16.7 Å². The molecule has 5 nitrogen and oxygen atoms in total. The average molecular weight is 574 g/mol. The van der Waals surface area contributed by atoms with Crippen molar-refractivity contribution in [2.45, 2.75) is 13.2 Å². The second-order valence-corrected chi connectivity index (χ2v) is 9.32. The maximum Gasteiger partial charge on any atom is 0.266 e. The summed E-state index contributed by atoms with van der Waals surface area (Å²) < 4.78 is 12.3. The van der Waals surface area contributed by atoms with Crippen LogP contribution in [-0.4, -0.2) is 5.91 Å². The minimum absolute atomic E-state index is 0.0221. The quantitative estimate of drug-likeness (QED) is 0.164. The van der Waals surface area contributed by atoms with Gasteiger partial charge in [0.25, 0.3) is 5.91 Å². The Morgan fingerprint density at radius 1 is 0.892 bits per heavy atom. The molecule has 4 rings (SSSR count). The lowest BCUT2D eigenvalue weighted by Crippen LogP contribution is -2.13. The van der Waals surface area contributed by atoms with Gasteiger partial charge in [0.2, 0.25) is 0 Å². The number of ether oxygens (including phenoxy) is 2. The van der Waals surface area contributed by atoms with E-state index in [1.54, 1.807) is 42.5 Å². The molecule has 0 spiro atoms. The number of anilines is 1. The fourth-order valence-electron chi connectivity index (χ4n) is 3.35. The number of nitrogens with zero attached hydrogens (tertiary/aromatic N) is 1. The van der Waals surface area contributed by atoms with Gasteiger partial charge in [0, 0.05) is 10.7 Å². The number of rotatable bonds is 9. The van der Waals surface area contributed by atoms with E-state index >= 15 is 0 Å². The maximum absolute atomic E-state index is 12.7. The zero-order chi connectivity index (χ0) is 26.0. The van der Waals surface area contributed by atoms with Crippen LogP contribution in [0.5, 0.6) is 11.5 Å². The Hall–Kier alpha value is -4.05. The summed E-state index contributed by atoms with van der Waals surface area (Å²) in [6.45, 7) is 0.835. The van der Waals surface area contributed by atoms with Crippen molar-refractivity contribution in [2.75, 3.05) is 5.32 Å². The lowest BCUT2D eigenvalue weighted by Gasteiger charge is -2.10. The Balaban J connectivity index is 1.35. The predicted molar refractivity (Wildman–Crippen MR) is 149 cm³/mol. The van der Waals surface area contributed by atoms with Crippen LogP contribution in [0.2, 0.25) is 5.02 Å². The Labute approximate surface area is 229 Å². The molecule has 0 unspecified atom stereocenters. The number of carbonyl (C=O) groups is 1. The second-order valence-electron chi connectivity index (χ2n) is 8.03. The summed E-state index contributed by atoms with van der Waals surface area (Å²) in [6, 6.07) is 31.6. The number of hydrogen-bond donors (Lipinski definition) is 1. The Bertz CT molecular complexity index is 1430. The highest BCUT2D eigenvalue weighted by molar-refractivity contribution is 9.10. The highest BCUT2D eigenvalue weighted by atomic mass is 79.9. The van der Waals surface area contributed by atoms with Gasteiger partial charge in [-0.2, -0.15) is 5.26 Å². The van der Waals surface area contributed by atoms with Gasteiger partial charge in [-0.25, -0.2) is 0 Å². The molecular formula is C30H22BrClN2O3. The first kappa shape index (κ1) is 26.0. The van der Waals surface area contributed by atoms with Crippen molar-refractivity contribution in [3.63, 3.8) is 0 Å². The molecule has 0 aromatic heterocycles. The van der Waals surface area contributed by atoms with Gasteiger partial charge >= 0.3 is 0 Å². The third kappa shape index (κ3) is 7.71. The van der Waals surface area contributed by atoms with E-state index in [9.17, 15) is 10.1 Å². The first-order valence-electron chi connectivity index (χ1n) is 11.4. The number of halogens is 2. The predicted octanol–water partition coefficient (Wildman–Crippen LogP) is 7.81. The van der Waals surface area contributed by atoms with Gasteiger partial charge in [-0.15, -0.1) is 0 Å². The van der Waals surface area contributed by atoms with Gasteiger partial charge in [-0.1, -0.05) is 60.1 Å². The van der Waals surface area contributed by atoms with E-state index in [2.05, 4.69) is 21.2 Å². The van der Waals surface area contributed by atoms with Crippen molar-refractivity contribution in [1.82, 2.24) is 0 Å². The fourth-order valence-corrected chi connectivity index (χ4v) is 3.99. The van der Waals surface area contributed by atoms with Crippen LogP contribution >= 0.6 is 27.5 Å². The molecular weight excluding hydrogens is 552 g/mol. The number of carbonyl (C=O) groups excluding carboxylic acids is 1. The van der Waals surface area contributed by atoms with Gasteiger partial charge in [-0.3, -0.25) is 4.79 Å². The minimum Gasteiger partial charge on any atom is -0.489 e. The summed E-state index contributed by atoms with van der Waals surface area (Å²) in [6.07, 6.45) is 1.53. The number of amides is 1. The van der Waals surface area contributed by atoms with Crippen molar-refractivity contribution in [1.29, 1.82) is 5.26 Å². The maximum atomic E-state index is 12.7. The van der Waals surface area contributed by atoms with Crippen LogP contribution in [0.4, 0.5) is 5.69 Å². The molecule has 0 atom stereocenters. The molecule has 37 heavy (non-hydrogen) atoms. The molecule has 0 saturated carbocycles. The summed E-state index contributed by atoms with van der Waals surface area (Å²) in [7, 11) is 0. The summed E-state index contributed by atoms with van der Waals surface area (Å²) >= 11 is 9.42. The average Bonchev–Trinajstić information content (AvgIpc) is 2.92. The van der Waals surface area contributed by atoms with Crippen LogP contribution in [0.25, 0.3) is 6.08 Å². The SMILES string of the molecule is N#C/C(=C\c1ccc(OCc2ccc(Cl)cc2)c(Br)c1)C(=O)Nc1ccc(OCc2ccccc2)cc1. The molecule has 0 saturated heterocycles. The molecule has 4 aromatic carbocycles. The molecule has 7 heteroatoms. The third-order valence-electron chi connectivity index (χ3n) is 5.30. The zero-order valence-corrected chi connectivity index (χ0v) is 22.0. The molecule has 0 aliphatic carbocycles. The Morgan fingerprint density at radius 2 is 1.57 bits per heavy atom. The van der Waals surface area contributed by atoms with Crippen LogP contribution in [0, 0.1) is 11.3 Å². The highest BCUT2D eigenvalue weighted by Gasteiger charge is 2.11. The van der Waals surface area contributed by atoms with Crippen molar-refractivity contribution < 1.29 is 14.3 Å². The van der Waals surface area contributed by atoms with Crippen LogP contribution < -0.4 is 14.8 Å². The van der Waals surface area contributed by atoms with Crippen LogP contribution in [0.15, 0.2) is 107 Å². The highest BCUT2D eigenvalue weighted by Crippen LogP contribution is 2.28. The molecule has 0 aliphatic heterocycles. The summed E-state index contributed by atoms with van der Waals surface area (Å²) in [5.74, 6) is 0.824. The lowest BCUT2D eigenvalue weighted by molar-refractivity contribution is -0.112. The van der Waals surface area contributed by atoms with E-state index in [0.29, 0.717) is 45.5 Å². The minimum atomic E-state index is -0.500. The topological polar surface area (TPSA) is 71.3 Å².